The van der Waals surface area contributed by atoms with Gasteiger partial charge in [0.15, 0.2) is 0 Å². The van der Waals surface area contributed by atoms with Crippen LogP contribution < -0.4 is 5.32 Å². The highest BCUT2D eigenvalue weighted by Gasteiger charge is 2.33. The molecule has 2 aromatic rings. The topological polar surface area (TPSA) is 94.3 Å². The van der Waals surface area contributed by atoms with Crippen LogP contribution in [0.3, 0.4) is 0 Å². The molecule has 1 heterocycles. The van der Waals surface area contributed by atoms with Crippen LogP contribution >= 0.6 is 0 Å². The Morgan fingerprint density at radius 2 is 2.00 bits per heavy atom. The van der Waals surface area contributed by atoms with Crippen LogP contribution in [-0.4, -0.2) is 34.7 Å². The number of halogens is 1. The van der Waals surface area contributed by atoms with E-state index in [-0.39, 0.29) is 18.1 Å². The molecule has 140 valence electrons. The third-order valence-electron chi connectivity index (χ3n) is 4.12. The van der Waals surface area contributed by atoms with Gasteiger partial charge in [-0.2, -0.15) is 4.98 Å². The number of benzene rings is 1. The third kappa shape index (κ3) is 4.87. The largest absolute Gasteiger partial charge is 0.467 e. The number of methoxy groups -OCH3 is 1. The zero-order valence-electron chi connectivity index (χ0n) is 15.0. The first-order chi connectivity index (χ1) is 12.4. The van der Waals surface area contributed by atoms with Crippen molar-refractivity contribution < 1.29 is 23.2 Å². The molecule has 0 saturated carbocycles. The van der Waals surface area contributed by atoms with Crippen LogP contribution in [0.5, 0.6) is 0 Å². The Morgan fingerprint density at radius 3 is 2.62 bits per heavy atom. The molecular formula is C18H22FN3O4. The van der Waals surface area contributed by atoms with E-state index < -0.39 is 11.5 Å². The minimum Gasteiger partial charge on any atom is -0.467 e. The number of nitrogens with zero attached hydrogens (tertiary/aromatic N) is 2. The van der Waals surface area contributed by atoms with Crippen LogP contribution in [0.2, 0.25) is 0 Å². The summed E-state index contributed by atoms with van der Waals surface area (Å²) in [6.07, 6.45) is 1.54. The molecule has 0 saturated heterocycles. The lowest BCUT2D eigenvalue weighted by Crippen LogP contribution is -2.52. The summed E-state index contributed by atoms with van der Waals surface area (Å²) in [6, 6.07) is 5.77. The van der Waals surface area contributed by atoms with Gasteiger partial charge in [0, 0.05) is 18.4 Å². The summed E-state index contributed by atoms with van der Waals surface area (Å²) >= 11 is 0. The fourth-order valence-electron chi connectivity index (χ4n) is 2.35. The fraction of sp³-hybridized carbons (Fsp3) is 0.444. The number of nitrogens with one attached hydrogen (secondary N) is 1. The normalized spacial score (nSPS) is 13.1. The Bertz CT molecular complexity index is 760. The molecule has 0 bridgehead atoms. The number of rotatable bonds is 8. The second-order valence-electron chi connectivity index (χ2n) is 6.10. The maximum atomic E-state index is 12.9. The van der Waals surface area contributed by atoms with E-state index in [1.807, 2.05) is 0 Å². The lowest BCUT2D eigenvalue weighted by molar-refractivity contribution is -0.150. The summed E-state index contributed by atoms with van der Waals surface area (Å²) in [5, 5.41) is 6.55. The second kappa shape index (κ2) is 8.55. The number of aryl methyl sites for hydroxylation is 1. The maximum absolute atomic E-state index is 12.9. The molecule has 26 heavy (non-hydrogen) atoms. The van der Waals surface area contributed by atoms with E-state index in [1.165, 1.54) is 19.2 Å². The fourth-order valence-corrected chi connectivity index (χ4v) is 2.35. The lowest BCUT2D eigenvalue weighted by atomic mass is 9.98. The molecule has 7 nitrogen and oxygen atoms in total. The van der Waals surface area contributed by atoms with E-state index in [0.29, 0.717) is 36.5 Å². The van der Waals surface area contributed by atoms with Crippen molar-refractivity contribution >= 4 is 11.9 Å². The van der Waals surface area contributed by atoms with Crippen LogP contribution in [0.1, 0.15) is 39.0 Å². The molecule has 0 aliphatic rings. The summed E-state index contributed by atoms with van der Waals surface area (Å²) in [5.74, 6) is -0.307. The van der Waals surface area contributed by atoms with Crippen molar-refractivity contribution in [2.75, 3.05) is 7.11 Å². The standard InChI is InChI=1S/C18H22FN3O4/c1-4-18(2,17(24)25-3)21-14(23)6-5-7-15-20-16(22-26-15)12-8-10-13(19)11-9-12/h8-11H,4-7H2,1-3H3,(H,21,23). The van der Waals surface area contributed by atoms with Crippen molar-refractivity contribution in [1.82, 2.24) is 15.5 Å². The van der Waals surface area contributed by atoms with Gasteiger partial charge in [-0.3, -0.25) is 4.79 Å². The highest BCUT2D eigenvalue weighted by Crippen LogP contribution is 2.17. The molecular weight excluding hydrogens is 341 g/mol. The molecule has 1 atom stereocenters. The summed E-state index contributed by atoms with van der Waals surface area (Å²) < 4.78 is 22.8. The average molecular weight is 363 g/mol. The van der Waals surface area contributed by atoms with Crippen molar-refractivity contribution in [2.24, 2.45) is 0 Å². The van der Waals surface area contributed by atoms with E-state index in [1.54, 1.807) is 26.0 Å². The molecule has 0 aliphatic carbocycles. The monoisotopic (exact) mass is 363 g/mol. The number of aromatic nitrogens is 2. The molecule has 1 amide bonds. The zero-order valence-corrected chi connectivity index (χ0v) is 15.0. The van der Waals surface area contributed by atoms with Crippen LogP contribution in [0.25, 0.3) is 11.4 Å². The van der Waals surface area contributed by atoms with Crippen molar-refractivity contribution in [3.05, 3.63) is 36.0 Å². The Kier molecular flexibility index (Phi) is 6.43. The summed E-state index contributed by atoms with van der Waals surface area (Å²) in [6.45, 7) is 3.43. The second-order valence-corrected chi connectivity index (χ2v) is 6.10. The minimum atomic E-state index is -1.04. The first-order valence-corrected chi connectivity index (χ1v) is 8.36. The SMILES string of the molecule is CCC(C)(NC(=O)CCCc1nc(-c2ccc(F)cc2)no1)C(=O)OC. The predicted molar refractivity (Wildman–Crippen MR) is 91.5 cm³/mol. The molecule has 0 aliphatic heterocycles. The number of carbonyl (C=O) groups excluding carboxylic acids is 2. The number of esters is 1. The van der Waals surface area contributed by atoms with Crippen molar-refractivity contribution in [3.63, 3.8) is 0 Å². The number of ether oxygens (including phenoxy) is 1. The average Bonchev–Trinajstić information content (AvgIpc) is 3.10. The quantitative estimate of drug-likeness (QED) is 0.725. The Hall–Kier alpha value is -2.77. The number of hydrogen-bond donors (Lipinski definition) is 1. The van der Waals surface area contributed by atoms with Gasteiger partial charge in [-0.1, -0.05) is 12.1 Å². The van der Waals surface area contributed by atoms with Gasteiger partial charge < -0.3 is 14.6 Å². The van der Waals surface area contributed by atoms with E-state index >= 15 is 0 Å². The van der Waals surface area contributed by atoms with E-state index in [4.69, 9.17) is 9.26 Å². The molecule has 2 rings (SSSR count). The molecule has 1 aromatic carbocycles. The van der Waals surface area contributed by atoms with E-state index in [9.17, 15) is 14.0 Å². The van der Waals surface area contributed by atoms with E-state index in [2.05, 4.69) is 15.5 Å². The lowest BCUT2D eigenvalue weighted by Gasteiger charge is -2.26. The van der Waals surface area contributed by atoms with Crippen molar-refractivity contribution in [2.45, 2.75) is 45.1 Å². The number of carbonyl (C=O) groups is 2. The van der Waals surface area contributed by atoms with Crippen molar-refractivity contribution in [1.29, 1.82) is 0 Å². The van der Waals surface area contributed by atoms with Gasteiger partial charge in [0.1, 0.15) is 11.4 Å². The number of amides is 1. The molecule has 8 heteroatoms. The number of hydrogen-bond acceptors (Lipinski definition) is 6. The Balaban J connectivity index is 1.85. The van der Waals surface area contributed by atoms with Crippen LogP contribution in [-0.2, 0) is 20.7 Å². The highest BCUT2D eigenvalue weighted by atomic mass is 19.1. The molecule has 0 fully saturated rings. The van der Waals surface area contributed by atoms with Gasteiger partial charge in [0.05, 0.1) is 7.11 Å². The first-order valence-electron chi connectivity index (χ1n) is 8.36. The van der Waals surface area contributed by atoms with Crippen molar-refractivity contribution in [3.8, 4) is 11.4 Å². The minimum absolute atomic E-state index is 0.209. The summed E-state index contributed by atoms with van der Waals surface area (Å²) in [4.78, 5) is 28.1. The molecule has 1 unspecified atom stereocenters. The van der Waals surface area contributed by atoms with Gasteiger partial charge >= 0.3 is 5.97 Å². The van der Waals surface area contributed by atoms with Gasteiger partial charge in [-0.15, -0.1) is 0 Å². The van der Waals surface area contributed by atoms with Gasteiger partial charge in [-0.25, -0.2) is 9.18 Å². The Labute approximate surface area is 150 Å². The molecule has 1 aromatic heterocycles. The smallest absolute Gasteiger partial charge is 0.331 e. The van der Waals surface area contributed by atoms with Gasteiger partial charge in [0.2, 0.25) is 17.6 Å². The maximum Gasteiger partial charge on any atom is 0.331 e. The van der Waals surface area contributed by atoms with Crippen LogP contribution in [0, 0.1) is 5.82 Å². The van der Waals surface area contributed by atoms with Crippen LogP contribution in [0.15, 0.2) is 28.8 Å². The highest BCUT2D eigenvalue weighted by molar-refractivity contribution is 5.87. The predicted octanol–water partition coefficient (Wildman–Crippen LogP) is 2.66. The Morgan fingerprint density at radius 1 is 1.31 bits per heavy atom. The van der Waals surface area contributed by atoms with Gasteiger partial charge in [-0.05, 0) is 44.0 Å². The summed E-state index contributed by atoms with van der Waals surface area (Å²) in [7, 11) is 1.29. The van der Waals surface area contributed by atoms with Gasteiger partial charge in [0.25, 0.3) is 0 Å². The molecule has 0 spiro atoms. The third-order valence-corrected chi connectivity index (χ3v) is 4.12. The van der Waals surface area contributed by atoms with Crippen LogP contribution in [0.4, 0.5) is 4.39 Å². The van der Waals surface area contributed by atoms with E-state index in [0.717, 1.165) is 0 Å². The molecule has 1 N–H and O–H groups in total. The zero-order chi connectivity index (χ0) is 19.2. The summed E-state index contributed by atoms with van der Waals surface area (Å²) in [5.41, 5.74) is -0.387. The first kappa shape index (κ1) is 19.6. The molecule has 0 radical (unpaired) electrons.